The maximum absolute atomic E-state index is 12.2. The van der Waals surface area contributed by atoms with Gasteiger partial charge in [-0.25, -0.2) is 4.98 Å². The number of aromatic nitrogens is 2. The predicted molar refractivity (Wildman–Crippen MR) is 72.6 cm³/mol. The lowest BCUT2D eigenvalue weighted by atomic mass is 10.1. The normalized spacial score (nSPS) is 12.3. The smallest absolute Gasteiger partial charge is 0.274 e. The molecule has 1 rings (SSSR count). The highest BCUT2D eigenvalue weighted by molar-refractivity contribution is 5.92. The van der Waals surface area contributed by atoms with Gasteiger partial charge in [0.2, 0.25) is 0 Å². The fourth-order valence-corrected chi connectivity index (χ4v) is 1.55. The second-order valence-corrected chi connectivity index (χ2v) is 4.72. The van der Waals surface area contributed by atoms with E-state index in [0.717, 1.165) is 6.54 Å². The zero-order valence-electron chi connectivity index (χ0n) is 11.8. The highest BCUT2D eigenvalue weighted by Crippen LogP contribution is 2.12. The standard InChI is InChI=1S/C13H22N4O/c1-6-15-12-8-14-7-11(16-12)13(18)17(5)10(4)9(2)3/h7-10H,6H2,1-5H3,(H,15,16). The van der Waals surface area contributed by atoms with Crippen LogP contribution in [0.3, 0.4) is 0 Å². The van der Waals surface area contributed by atoms with Gasteiger partial charge in [0.25, 0.3) is 5.91 Å². The van der Waals surface area contributed by atoms with E-state index in [1.54, 1.807) is 18.1 Å². The first-order valence-electron chi connectivity index (χ1n) is 6.30. The minimum absolute atomic E-state index is 0.0940. The van der Waals surface area contributed by atoms with Gasteiger partial charge in [-0.2, -0.15) is 0 Å². The number of hydrogen-bond acceptors (Lipinski definition) is 4. The summed E-state index contributed by atoms with van der Waals surface area (Å²) < 4.78 is 0. The Morgan fingerprint density at radius 2 is 2.06 bits per heavy atom. The first-order chi connectivity index (χ1) is 8.47. The molecule has 5 heteroatoms. The first kappa shape index (κ1) is 14.4. The molecule has 1 heterocycles. The number of rotatable bonds is 5. The fourth-order valence-electron chi connectivity index (χ4n) is 1.55. The maximum atomic E-state index is 12.2. The minimum atomic E-state index is -0.0940. The molecule has 1 unspecified atom stereocenters. The number of anilines is 1. The number of nitrogens with one attached hydrogen (secondary N) is 1. The summed E-state index contributed by atoms with van der Waals surface area (Å²) in [6, 6.07) is 0.169. The van der Waals surface area contributed by atoms with E-state index in [0.29, 0.717) is 17.4 Å². The third-order valence-electron chi connectivity index (χ3n) is 3.11. The summed E-state index contributed by atoms with van der Waals surface area (Å²) >= 11 is 0. The molecule has 1 aromatic heterocycles. The summed E-state index contributed by atoms with van der Waals surface area (Å²) in [6.45, 7) is 8.95. The van der Waals surface area contributed by atoms with Crippen molar-refractivity contribution in [2.45, 2.75) is 33.7 Å². The van der Waals surface area contributed by atoms with Crippen LogP contribution in [0.5, 0.6) is 0 Å². The Balaban J connectivity index is 2.86. The summed E-state index contributed by atoms with van der Waals surface area (Å²) in [5.41, 5.74) is 0.378. The first-order valence-corrected chi connectivity index (χ1v) is 6.30. The Kier molecular flexibility index (Phi) is 5.07. The van der Waals surface area contributed by atoms with Crippen molar-refractivity contribution in [1.82, 2.24) is 14.9 Å². The third-order valence-corrected chi connectivity index (χ3v) is 3.11. The van der Waals surface area contributed by atoms with Crippen molar-refractivity contribution in [3.63, 3.8) is 0 Å². The van der Waals surface area contributed by atoms with E-state index in [-0.39, 0.29) is 11.9 Å². The van der Waals surface area contributed by atoms with Gasteiger partial charge >= 0.3 is 0 Å². The Hall–Kier alpha value is -1.65. The van der Waals surface area contributed by atoms with Gasteiger partial charge in [0.05, 0.1) is 12.4 Å². The number of amides is 1. The Morgan fingerprint density at radius 3 is 2.61 bits per heavy atom. The highest BCUT2D eigenvalue weighted by atomic mass is 16.2. The molecule has 0 aromatic carbocycles. The molecule has 0 aliphatic carbocycles. The van der Waals surface area contributed by atoms with Crippen molar-refractivity contribution in [3.05, 3.63) is 18.1 Å². The molecule has 0 bridgehead atoms. The van der Waals surface area contributed by atoms with Crippen molar-refractivity contribution in [1.29, 1.82) is 0 Å². The van der Waals surface area contributed by atoms with Crippen molar-refractivity contribution in [2.24, 2.45) is 5.92 Å². The molecule has 18 heavy (non-hydrogen) atoms. The van der Waals surface area contributed by atoms with Gasteiger partial charge in [0, 0.05) is 19.6 Å². The molecule has 1 amide bonds. The van der Waals surface area contributed by atoms with Crippen LogP contribution in [0.4, 0.5) is 5.82 Å². The van der Waals surface area contributed by atoms with Gasteiger partial charge in [0.1, 0.15) is 11.5 Å². The van der Waals surface area contributed by atoms with Crippen molar-refractivity contribution in [3.8, 4) is 0 Å². The van der Waals surface area contributed by atoms with Crippen LogP contribution < -0.4 is 5.32 Å². The van der Waals surface area contributed by atoms with Crippen LogP contribution in [-0.2, 0) is 0 Å². The van der Waals surface area contributed by atoms with E-state index in [1.165, 1.54) is 6.20 Å². The summed E-state index contributed by atoms with van der Waals surface area (Å²) in [4.78, 5) is 22.3. The molecule has 0 spiro atoms. The molecule has 0 radical (unpaired) electrons. The quantitative estimate of drug-likeness (QED) is 0.868. The highest BCUT2D eigenvalue weighted by Gasteiger charge is 2.21. The zero-order valence-corrected chi connectivity index (χ0v) is 11.8. The molecule has 0 saturated carbocycles. The summed E-state index contributed by atoms with van der Waals surface area (Å²) in [6.07, 6.45) is 3.12. The molecule has 0 saturated heterocycles. The van der Waals surface area contributed by atoms with E-state index in [9.17, 15) is 4.79 Å². The van der Waals surface area contributed by atoms with Crippen LogP contribution in [0.1, 0.15) is 38.2 Å². The monoisotopic (exact) mass is 250 g/mol. The molecule has 0 aliphatic heterocycles. The molecule has 0 fully saturated rings. The lowest BCUT2D eigenvalue weighted by molar-refractivity contribution is 0.0701. The van der Waals surface area contributed by atoms with Crippen molar-refractivity contribution in [2.75, 3.05) is 18.9 Å². The minimum Gasteiger partial charge on any atom is -0.369 e. The van der Waals surface area contributed by atoms with E-state index in [2.05, 4.69) is 29.1 Å². The Labute approximate surface area is 109 Å². The number of carbonyl (C=O) groups excluding carboxylic acids is 1. The average molecular weight is 250 g/mol. The number of nitrogens with zero attached hydrogens (tertiary/aromatic N) is 3. The van der Waals surface area contributed by atoms with E-state index in [1.807, 2.05) is 13.8 Å². The van der Waals surface area contributed by atoms with Crippen LogP contribution in [-0.4, -0.2) is 40.4 Å². The molecule has 5 nitrogen and oxygen atoms in total. The average Bonchev–Trinajstić information content (AvgIpc) is 2.36. The molecule has 1 N–H and O–H groups in total. The van der Waals surface area contributed by atoms with E-state index >= 15 is 0 Å². The van der Waals surface area contributed by atoms with Gasteiger partial charge in [-0.3, -0.25) is 9.78 Å². The number of carbonyl (C=O) groups is 1. The molecular formula is C13H22N4O. The van der Waals surface area contributed by atoms with Crippen LogP contribution in [0.2, 0.25) is 0 Å². The SMILES string of the molecule is CCNc1cncc(C(=O)N(C)C(C)C(C)C)n1. The largest absolute Gasteiger partial charge is 0.369 e. The summed E-state index contributed by atoms with van der Waals surface area (Å²) in [5, 5.41) is 3.05. The topological polar surface area (TPSA) is 58.1 Å². The lowest BCUT2D eigenvalue weighted by Gasteiger charge is -2.27. The van der Waals surface area contributed by atoms with Gasteiger partial charge < -0.3 is 10.2 Å². The summed E-state index contributed by atoms with van der Waals surface area (Å²) in [7, 11) is 1.80. The molecule has 1 aromatic rings. The third kappa shape index (κ3) is 3.42. The number of hydrogen-bond donors (Lipinski definition) is 1. The molecule has 0 aliphatic rings. The van der Waals surface area contributed by atoms with Crippen LogP contribution >= 0.6 is 0 Å². The second kappa shape index (κ2) is 6.33. The van der Waals surface area contributed by atoms with E-state index in [4.69, 9.17) is 0 Å². The van der Waals surface area contributed by atoms with Gasteiger partial charge in [-0.15, -0.1) is 0 Å². The summed E-state index contributed by atoms with van der Waals surface area (Å²) in [5.74, 6) is 0.946. The Morgan fingerprint density at radius 1 is 1.39 bits per heavy atom. The lowest BCUT2D eigenvalue weighted by Crippen LogP contribution is -2.38. The molecule has 1 atom stereocenters. The zero-order chi connectivity index (χ0) is 13.7. The second-order valence-electron chi connectivity index (χ2n) is 4.72. The van der Waals surface area contributed by atoms with Gasteiger partial charge in [0.15, 0.2) is 0 Å². The fraction of sp³-hybridized carbons (Fsp3) is 0.615. The van der Waals surface area contributed by atoms with Crippen molar-refractivity contribution < 1.29 is 4.79 Å². The Bertz CT molecular complexity index is 406. The van der Waals surface area contributed by atoms with Crippen LogP contribution in [0.25, 0.3) is 0 Å². The van der Waals surface area contributed by atoms with Crippen LogP contribution in [0, 0.1) is 5.92 Å². The van der Waals surface area contributed by atoms with Gasteiger partial charge in [-0.1, -0.05) is 13.8 Å². The maximum Gasteiger partial charge on any atom is 0.274 e. The van der Waals surface area contributed by atoms with Crippen LogP contribution in [0.15, 0.2) is 12.4 Å². The van der Waals surface area contributed by atoms with Gasteiger partial charge in [-0.05, 0) is 19.8 Å². The van der Waals surface area contributed by atoms with Crippen molar-refractivity contribution >= 4 is 11.7 Å². The molecular weight excluding hydrogens is 228 g/mol. The molecule has 100 valence electrons. The predicted octanol–water partition coefficient (Wildman–Crippen LogP) is 2.02. The van der Waals surface area contributed by atoms with E-state index < -0.39 is 0 Å².